The summed E-state index contributed by atoms with van der Waals surface area (Å²) in [5.41, 5.74) is 4.22. The maximum atomic E-state index is 12.7. The van der Waals surface area contributed by atoms with Crippen molar-refractivity contribution in [3.05, 3.63) is 48.0 Å². The Morgan fingerprint density at radius 1 is 0.739 bits per heavy atom. The Bertz CT molecular complexity index is 679. The van der Waals surface area contributed by atoms with Gasteiger partial charge in [0.15, 0.2) is 0 Å². The molecule has 2 aromatic rings. The minimum absolute atomic E-state index is 0.0262. The van der Waals surface area contributed by atoms with E-state index in [-0.39, 0.29) is 17.2 Å². The number of anilines is 1. The predicted molar refractivity (Wildman–Crippen MR) is 69.1 cm³/mol. The smallest absolute Gasteiger partial charge is 0.457 e. The maximum Gasteiger partial charge on any atom is 0.573 e. The summed E-state index contributed by atoms with van der Waals surface area (Å²) in [6.45, 7) is 0. The lowest BCUT2D eigenvalue weighted by Crippen LogP contribution is -2.16. The molecule has 0 aliphatic heterocycles. The number of halogens is 6. The third-order valence-corrected chi connectivity index (χ3v) is 2.55. The van der Waals surface area contributed by atoms with E-state index in [9.17, 15) is 26.3 Å². The number of benzene rings is 2. The van der Waals surface area contributed by atoms with Crippen LogP contribution in [0.4, 0.5) is 32.0 Å². The van der Waals surface area contributed by atoms with Gasteiger partial charge in [0.05, 0.1) is 5.56 Å². The van der Waals surface area contributed by atoms with Gasteiger partial charge in [-0.05, 0) is 36.4 Å². The van der Waals surface area contributed by atoms with Crippen LogP contribution in [0.15, 0.2) is 42.5 Å². The number of rotatable bonds is 3. The Labute approximate surface area is 126 Å². The fourth-order valence-electron chi connectivity index (χ4n) is 1.69. The van der Waals surface area contributed by atoms with Crippen LogP contribution in [0, 0.1) is 0 Å². The lowest BCUT2D eigenvalue weighted by atomic mass is 10.2. The number of nitrogens with two attached hydrogens (primary N) is 1. The number of hydrogen-bond acceptors (Lipinski definition) is 3. The molecule has 124 valence electrons. The first kappa shape index (κ1) is 16.8. The largest absolute Gasteiger partial charge is 0.573 e. The molecule has 3 nitrogen and oxygen atoms in total. The Morgan fingerprint density at radius 2 is 1.30 bits per heavy atom. The quantitative estimate of drug-likeness (QED) is 0.635. The van der Waals surface area contributed by atoms with E-state index in [4.69, 9.17) is 10.5 Å². The van der Waals surface area contributed by atoms with Gasteiger partial charge >= 0.3 is 12.5 Å². The molecule has 0 aliphatic carbocycles. The zero-order chi connectivity index (χ0) is 17.3. The van der Waals surface area contributed by atoms with Crippen LogP contribution in [0.3, 0.4) is 0 Å². The van der Waals surface area contributed by atoms with Crippen LogP contribution in [0.1, 0.15) is 5.56 Å². The number of nitrogen functional groups attached to an aromatic ring is 1. The molecule has 0 amide bonds. The fourth-order valence-corrected chi connectivity index (χ4v) is 1.69. The van der Waals surface area contributed by atoms with Crippen molar-refractivity contribution < 1.29 is 35.8 Å². The van der Waals surface area contributed by atoms with Gasteiger partial charge in [0.2, 0.25) is 0 Å². The lowest BCUT2D eigenvalue weighted by molar-refractivity contribution is -0.274. The van der Waals surface area contributed by atoms with Gasteiger partial charge < -0.3 is 15.2 Å². The third kappa shape index (κ3) is 4.97. The predicted octanol–water partition coefficient (Wildman–Crippen LogP) is 4.98. The van der Waals surface area contributed by atoms with Crippen molar-refractivity contribution in [1.29, 1.82) is 0 Å². The van der Waals surface area contributed by atoms with Crippen molar-refractivity contribution in [3.8, 4) is 17.2 Å². The van der Waals surface area contributed by atoms with E-state index in [2.05, 4.69) is 4.74 Å². The molecule has 0 fully saturated rings. The zero-order valence-corrected chi connectivity index (χ0v) is 11.2. The highest BCUT2D eigenvalue weighted by Crippen LogP contribution is 2.35. The van der Waals surface area contributed by atoms with Gasteiger partial charge in [-0.3, -0.25) is 0 Å². The summed E-state index contributed by atoms with van der Waals surface area (Å²) >= 11 is 0. The molecule has 0 spiro atoms. The summed E-state index contributed by atoms with van der Waals surface area (Å²) in [6, 6.07) is 6.83. The van der Waals surface area contributed by atoms with E-state index >= 15 is 0 Å². The minimum atomic E-state index is -4.84. The van der Waals surface area contributed by atoms with Gasteiger partial charge in [-0.1, -0.05) is 0 Å². The van der Waals surface area contributed by atoms with Gasteiger partial charge in [0, 0.05) is 11.8 Å². The van der Waals surface area contributed by atoms with E-state index in [0.717, 1.165) is 42.5 Å². The monoisotopic (exact) mass is 337 g/mol. The molecule has 0 saturated carbocycles. The van der Waals surface area contributed by atoms with E-state index in [1.807, 2.05) is 0 Å². The lowest BCUT2D eigenvalue weighted by Gasteiger charge is -2.12. The Hall–Kier alpha value is -2.58. The van der Waals surface area contributed by atoms with Crippen molar-refractivity contribution in [1.82, 2.24) is 0 Å². The van der Waals surface area contributed by atoms with Crippen LogP contribution in [0.5, 0.6) is 17.2 Å². The standard InChI is InChI=1S/C14H9F6NO2/c15-13(16,17)8-5-9(21)7-12(6-8)22-10-1-3-11(4-2-10)23-14(18,19)20/h1-7H,21H2. The van der Waals surface area contributed by atoms with Crippen LogP contribution in [-0.2, 0) is 6.18 Å². The van der Waals surface area contributed by atoms with E-state index < -0.39 is 23.9 Å². The summed E-state index contributed by atoms with van der Waals surface area (Å²) in [5, 5.41) is 0. The Morgan fingerprint density at radius 3 is 1.83 bits per heavy atom. The SMILES string of the molecule is Nc1cc(Oc2ccc(OC(F)(F)F)cc2)cc(C(F)(F)F)c1. The van der Waals surface area contributed by atoms with Crippen LogP contribution in [-0.4, -0.2) is 6.36 Å². The van der Waals surface area contributed by atoms with Crippen LogP contribution in [0.2, 0.25) is 0 Å². The van der Waals surface area contributed by atoms with E-state index in [0.29, 0.717) is 0 Å². The molecule has 0 unspecified atom stereocenters. The molecule has 2 rings (SSSR count). The highest BCUT2D eigenvalue weighted by atomic mass is 19.4. The summed E-state index contributed by atoms with van der Waals surface area (Å²) in [7, 11) is 0. The molecule has 0 bridgehead atoms. The normalized spacial score (nSPS) is 12.1. The summed E-state index contributed by atoms with van der Waals surface area (Å²) < 4.78 is 82.9. The number of hydrogen-bond donors (Lipinski definition) is 1. The molecule has 0 saturated heterocycles. The van der Waals surface area contributed by atoms with Gasteiger partial charge in [-0.2, -0.15) is 13.2 Å². The molecule has 0 aromatic heterocycles. The van der Waals surface area contributed by atoms with Gasteiger partial charge in [0.1, 0.15) is 17.2 Å². The molecular weight excluding hydrogens is 328 g/mol. The highest BCUT2D eigenvalue weighted by Gasteiger charge is 2.32. The van der Waals surface area contributed by atoms with Gasteiger partial charge in [-0.25, -0.2) is 0 Å². The molecule has 2 aromatic carbocycles. The molecule has 0 atom stereocenters. The molecule has 2 N–H and O–H groups in total. The van der Waals surface area contributed by atoms with Crippen molar-refractivity contribution in [2.45, 2.75) is 12.5 Å². The van der Waals surface area contributed by atoms with E-state index in [1.165, 1.54) is 0 Å². The summed E-state index contributed by atoms with van der Waals surface area (Å²) in [5.74, 6) is -0.645. The maximum absolute atomic E-state index is 12.7. The van der Waals surface area contributed by atoms with E-state index in [1.54, 1.807) is 0 Å². The Balaban J connectivity index is 2.18. The van der Waals surface area contributed by atoms with Gasteiger partial charge in [0.25, 0.3) is 0 Å². The van der Waals surface area contributed by atoms with Crippen LogP contribution < -0.4 is 15.2 Å². The number of ether oxygens (including phenoxy) is 2. The zero-order valence-electron chi connectivity index (χ0n) is 11.2. The second kappa shape index (κ2) is 5.90. The fraction of sp³-hybridized carbons (Fsp3) is 0.143. The first-order valence-electron chi connectivity index (χ1n) is 6.04. The first-order chi connectivity index (χ1) is 10.5. The van der Waals surface area contributed by atoms with Crippen molar-refractivity contribution in [2.24, 2.45) is 0 Å². The second-order valence-electron chi connectivity index (χ2n) is 4.41. The molecule has 0 heterocycles. The third-order valence-electron chi connectivity index (χ3n) is 2.55. The Kier molecular flexibility index (Phi) is 4.31. The number of alkyl halides is 6. The van der Waals surface area contributed by atoms with Crippen molar-refractivity contribution >= 4 is 5.69 Å². The molecular formula is C14H9F6NO2. The second-order valence-corrected chi connectivity index (χ2v) is 4.41. The topological polar surface area (TPSA) is 44.5 Å². The minimum Gasteiger partial charge on any atom is -0.457 e. The summed E-state index contributed by atoms with van der Waals surface area (Å²) in [4.78, 5) is 0. The average Bonchev–Trinajstić information content (AvgIpc) is 2.38. The van der Waals surface area contributed by atoms with Gasteiger partial charge in [-0.15, -0.1) is 13.2 Å². The van der Waals surface area contributed by atoms with Crippen molar-refractivity contribution in [3.63, 3.8) is 0 Å². The molecule has 0 radical (unpaired) electrons. The molecule has 9 heteroatoms. The highest BCUT2D eigenvalue weighted by molar-refractivity contribution is 5.49. The summed E-state index contributed by atoms with van der Waals surface area (Å²) in [6.07, 6.45) is -9.43. The van der Waals surface area contributed by atoms with Crippen molar-refractivity contribution in [2.75, 3.05) is 5.73 Å². The van der Waals surface area contributed by atoms with Crippen LogP contribution in [0.25, 0.3) is 0 Å². The first-order valence-corrected chi connectivity index (χ1v) is 6.04. The average molecular weight is 337 g/mol. The molecule has 0 aliphatic rings. The molecule has 23 heavy (non-hydrogen) atoms. The van der Waals surface area contributed by atoms with Crippen LogP contribution >= 0.6 is 0 Å².